The zero-order valence-corrected chi connectivity index (χ0v) is 12.2. The van der Waals surface area contributed by atoms with E-state index in [0.717, 1.165) is 5.56 Å². The maximum atomic E-state index is 11.8. The van der Waals surface area contributed by atoms with Crippen LogP contribution in [0.3, 0.4) is 0 Å². The van der Waals surface area contributed by atoms with Gasteiger partial charge in [0, 0.05) is 18.4 Å². The standard InChI is InChI=1S/C16H16N4O2/c1-12(20-16-14(10-17)18-7-8-19-16)9-15(21)22-11-13-5-3-2-4-6-13/h2-8,12H,9,11H2,1H3,(H,19,20). The lowest BCUT2D eigenvalue weighted by Gasteiger charge is -2.14. The Labute approximate surface area is 128 Å². The molecule has 1 unspecified atom stereocenters. The zero-order valence-electron chi connectivity index (χ0n) is 12.2. The topological polar surface area (TPSA) is 87.9 Å². The summed E-state index contributed by atoms with van der Waals surface area (Å²) < 4.78 is 5.21. The third-order valence-corrected chi connectivity index (χ3v) is 2.90. The van der Waals surface area contributed by atoms with Crippen molar-refractivity contribution < 1.29 is 9.53 Å². The van der Waals surface area contributed by atoms with Crippen LogP contribution in [0.5, 0.6) is 0 Å². The largest absolute Gasteiger partial charge is 0.461 e. The van der Waals surface area contributed by atoms with Gasteiger partial charge in [-0.3, -0.25) is 4.79 Å². The molecule has 6 nitrogen and oxygen atoms in total. The fourth-order valence-electron chi connectivity index (χ4n) is 1.86. The first-order chi connectivity index (χ1) is 10.7. The van der Waals surface area contributed by atoms with Crippen LogP contribution in [0.25, 0.3) is 0 Å². The van der Waals surface area contributed by atoms with Gasteiger partial charge in [-0.25, -0.2) is 9.97 Å². The monoisotopic (exact) mass is 296 g/mol. The lowest BCUT2D eigenvalue weighted by atomic mass is 10.2. The number of aromatic nitrogens is 2. The number of ether oxygens (including phenoxy) is 1. The van der Waals surface area contributed by atoms with Crippen molar-refractivity contribution in [2.75, 3.05) is 5.32 Å². The highest BCUT2D eigenvalue weighted by atomic mass is 16.5. The van der Waals surface area contributed by atoms with E-state index in [2.05, 4.69) is 15.3 Å². The molecule has 0 radical (unpaired) electrons. The van der Waals surface area contributed by atoms with Crippen LogP contribution in [0.1, 0.15) is 24.6 Å². The number of esters is 1. The van der Waals surface area contributed by atoms with E-state index < -0.39 is 0 Å². The average molecular weight is 296 g/mol. The molecule has 112 valence electrons. The predicted molar refractivity (Wildman–Crippen MR) is 80.7 cm³/mol. The third kappa shape index (κ3) is 4.56. The summed E-state index contributed by atoms with van der Waals surface area (Å²) in [7, 11) is 0. The van der Waals surface area contributed by atoms with E-state index in [4.69, 9.17) is 10.00 Å². The van der Waals surface area contributed by atoms with E-state index >= 15 is 0 Å². The van der Waals surface area contributed by atoms with Crippen LogP contribution in [0.15, 0.2) is 42.7 Å². The van der Waals surface area contributed by atoms with Crippen molar-refractivity contribution in [3.8, 4) is 6.07 Å². The predicted octanol–water partition coefficient (Wildman–Crippen LogP) is 2.28. The Morgan fingerprint density at radius 2 is 2.05 bits per heavy atom. The van der Waals surface area contributed by atoms with Crippen molar-refractivity contribution in [2.45, 2.75) is 26.0 Å². The van der Waals surface area contributed by atoms with E-state index in [-0.39, 0.29) is 30.7 Å². The molecule has 1 atom stereocenters. The molecule has 1 heterocycles. The highest BCUT2D eigenvalue weighted by Gasteiger charge is 2.13. The second kappa shape index (κ2) is 7.74. The van der Waals surface area contributed by atoms with Gasteiger partial charge in [0.2, 0.25) is 0 Å². The van der Waals surface area contributed by atoms with Gasteiger partial charge >= 0.3 is 5.97 Å². The Kier molecular flexibility index (Phi) is 5.44. The molecule has 6 heteroatoms. The molecule has 2 aromatic rings. The summed E-state index contributed by atoms with van der Waals surface area (Å²) in [5, 5.41) is 11.9. The Hall–Kier alpha value is -2.94. The van der Waals surface area contributed by atoms with Gasteiger partial charge in [0.15, 0.2) is 11.5 Å². The smallest absolute Gasteiger partial charge is 0.308 e. The van der Waals surface area contributed by atoms with Crippen molar-refractivity contribution >= 4 is 11.8 Å². The molecular formula is C16H16N4O2. The summed E-state index contributed by atoms with van der Waals surface area (Å²) in [5.41, 5.74) is 1.14. The van der Waals surface area contributed by atoms with Crippen molar-refractivity contribution in [1.82, 2.24) is 9.97 Å². The average Bonchev–Trinajstić information content (AvgIpc) is 2.54. The molecule has 0 saturated heterocycles. The van der Waals surface area contributed by atoms with Gasteiger partial charge < -0.3 is 10.1 Å². The van der Waals surface area contributed by atoms with Gasteiger partial charge in [0.05, 0.1) is 6.42 Å². The highest BCUT2D eigenvalue weighted by molar-refractivity contribution is 5.70. The van der Waals surface area contributed by atoms with Crippen molar-refractivity contribution in [2.24, 2.45) is 0 Å². The second-order valence-electron chi connectivity index (χ2n) is 4.76. The Morgan fingerprint density at radius 1 is 1.32 bits per heavy atom. The van der Waals surface area contributed by atoms with Crippen molar-refractivity contribution in [3.63, 3.8) is 0 Å². The highest BCUT2D eigenvalue weighted by Crippen LogP contribution is 2.10. The zero-order chi connectivity index (χ0) is 15.8. The number of nitriles is 1. The summed E-state index contributed by atoms with van der Waals surface area (Å²) in [6.45, 7) is 2.07. The van der Waals surface area contributed by atoms with E-state index in [9.17, 15) is 4.79 Å². The SMILES string of the molecule is CC(CC(=O)OCc1ccccc1)Nc1nccnc1C#N. The van der Waals surface area contributed by atoms with Crippen LogP contribution in [-0.4, -0.2) is 22.0 Å². The number of nitrogens with one attached hydrogen (secondary N) is 1. The fraction of sp³-hybridized carbons (Fsp3) is 0.250. The molecule has 1 aromatic carbocycles. The molecule has 1 aromatic heterocycles. The van der Waals surface area contributed by atoms with Gasteiger partial charge in [0.25, 0.3) is 0 Å². The summed E-state index contributed by atoms with van der Waals surface area (Å²) in [5.74, 6) is 0.0552. The minimum atomic E-state index is -0.314. The van der Waals surface area contributed by atoms with Gasteiger partial charge in [-0.05, 0) is 12.5 Å². The molecule has 0 aliphatic carbocycles. The van der Waals surface area contributed by atoms with Crippen LogP contribution >= 0.6 is 0 Å². The first kappa shape index (κ1) is 15.4. The maximum absolute atomic E-state index is 11.8. The van der Waals surface area contributed by atoms with E-state index in [0.29, 0.717) is 5.82 Å². The molecule has 0 amide bonds. The molecular weight excluding hydrogens is 280 g/mol. The minimum Gasteiger partial charge on any atom is -0.461 e. The van der Waals surface area contributed by atoms with Gasteiger partial charge in [-0.2, -0.15) is 5.26 Å². The van der Waals surface area contributed by atoms with Gasteiger partial charge in [0.1, 0.15) is 12.7 Å². The first-order valence-corrected chi connectivity index (χ1v) is 6.86. The number of nitrogens with zero attached hydrogens (tertiary/aromatic N) is 3. The second-order valence-corrected chi connectivity index (χ2v) is 4.76. The van der Waals surface area contributed by atoms with Crippen molar-refractivity contribution in [3.05, 3.63) is 54.0 Å². The van der Waals surface area contributed by atoms with Crippen LogP contribution in [-0.2, 0) is 16.1 Å². The van der Waals surface area contributed by atoms with Gasteiger partial charge in [-0.1, -0.05) is 30.3 Å². The third-order valence-electron chi connectivity index (χ3n) is 2.90. The number of rotatable bonds is 6. The van der Waals surface area contributed by atoms with E-state index in [1.54, 1.807) is 0 Å². The molecule has 0 saturated carbocycles. The molecule has 1 N–H and O–H groups in total. The fourth-order valence-corrected chi connectivity index (χ4v) is 1.86. The Bertz CT molecular complexity index is 667. The van der Waals surface area contributed by atoms with E-state index in [1.165, 1.54) is 12.4 Å². The first-order valence-electron chi connectivity index (χ1n) is 6.86. The lowest BCUT2D eigenvalue weighted by molar-refractivity contribution is -0.145. The normalized spacial score (nSPS) is 11.3. The van der Waals surface area contributed by atoms with Crippen LogP contribution in [0.2, 0.25) is 0 Å². The molecule has 0 aliphatic rings. The summed E-state index contributed by atoms with van der Waals surface area (Å²) in [6, 6.07) is 11.2. The number of anilines is 1. The number of carbonyl (C=O) groups is 1. The quantitative estimate of drug-likeness (QED) is 0.823. The van der Waals surface area contributed by atoms with Gasteiger partial charge in [-0.15, -0.1) is 0 Å². The molecule has 22 heavy (non-hydrogen) atoms. The maximum Gasteiger partial charge on any atom is 0.308 e. The molecule has 0 bridgehead atoms. The number of benzene rings is 1. The summed E-state index contributed by atoms with van der Waals surface area (Å²) in [6.07, 6.45) is 3.11. The van der Waals surface area contributed by atoms with Crippen LogP contribution in [0, 0.1) is 11.3 Å². The molecule has 0 spiro atoms. The number of carbonyl (C=O) groups excluding carboxylic acids is 1. The minimum absolute atomic E-state index is 0.175. The number of hydrogen-bond acceptors (Lipinski definition) is 6. The Balaban J connectivity index is 1.83. The molecule has 0 aliphatic heterocycles. The molecule has 0 fully saturated rings. The molecule has 2 rings (SSSR count). The number of hydrogen-bond donors (Lipinski definition) is 1. The van der Waals surface area contributed by atoms with Crippen LogP contribution in [0.4, 0.5) is 5.82 Å². The summed E-state index contributed by atoms with van der Waals surface area (Å²) in [4.78, 5) is 19.8. The Morgan fingerprint density at radius 3 is 2.77 bits per heavy atom. The lowest BCUT2D eigenvalue weighted by Crippen LogP contribution is -2.22. The van der Waals surface area contributed by atoms with Crippen molar-refractivity contribution in [1.29, 1.82) is 5.26 Å². The van der Waals surface area contributed by atoms with Crippen LogP contribution < -0.4 is 5.32 Å². The summed E-state index contributed by atoms with van der Waals surface area (Å²) >= 11 is 0. The van der Waals surface area contributed by atoms with E-state index in [1.807, 2.05) is 43.3 Å².